The number of carbonyl (C=O) groups excluding carboxylic acids is 3. The van der Waals surface area contributed by atoms with Crippen molar-refractivity contribution in [1.82, 2.24) is 19.5 Å². The zero-order valence-corrected chi connectivity index (χ0v) is 19.2. The molecule has 3 rings (SSSR count). The standard InChI is InChI=1S/C22H26N4O6S/c1-16(27)25-11-12-26(33(30,31)18-8-4-3-5-9-18)20(15-25)21(28)24-19(22(29)32-2)13-17-7-6-10-23-14-17/h3-10,14,19-20H,11-13,15H2,1-2H3,(H,24,28). The second-order valence-corrected chi connectivity index (χ2v) is 9.45. The summed E-state index contributed by atoms with van der Waals surface area (Å²) in [6.45, 7) is 1.33. The summed E-state index contributed by atoms with van der Waals surface area (Å²) in [6, 6.07) is 8.95. The molecular weight excluding hydrogens is 448 g/mol. The first-order valence-corrected chi connectivity index (χ1v) is 11.8. The van der Waals surface area contributed by atoms with E-state index in [0.29, 0.717) is 5.56 Å². The lowest BCUT2D eigenvalue weighted by Gasteiger charge is -2.39. The molecule has 33 heavy (non-hydrogen) atoms. The topological polar surface area (TPSA) is 126 Å². The highest BCUT2D eigenvalue weighted by Gasteiger charge is 2.41. The number of piperazine rings is 1. The Hall–Kier alpha value is -3.31. The van der Waals surface area contributed by atoms with E-state index in [0.717, 1.165) is 4.31 Å². The molecule has 2 atom stereocenters. The molecule has 1 aromatic carbocycles. The Kier molecular flexibility index (Phi) is 7.77. The number of sulfonamides is 1. The number of pyridine rings is 1. The molecule has 11 heteroatoms. The van der Waals surface area contributed by atoms with Crippen LogP contribution in [0.3, 0.4) is 0 Å². The van der Waals surface area contributed by atoms with Crippen molar-refractivity contribution < 1.29 is 27.5 Å². The highest BCUT2D eigenvalue weighted by atomic mass is 32.2. The maximum absolute atomic E-state index is 13.3. The number of esters is 1. The second kappa shape index (κ2) is 10.5. The Balaban J connectivity index is 1.89. The molecule has 0 saturated carbocycles. The van der Waals surface area contributed by atoms with Gasteiger partial charge in [0.15, 0.2) is 0 Å². The average molecular weight is 475 g/mol. The van der Waals surface area contributed by atoms with Crippen LogP contribution >= 0.6 is 0 Å². The smallest absolute Gasteiger partial charge is 0.328 e. The molecule has 0 spiro atoms. The molecule has 1 aliphatic heterocycles. The van der Waals surface area contributed by atoms with Crippen LogP contribution in [0, 0.1) is 0 Å². The number of hydrogen-bond donors (Lipinski definition) is 1. The van der Waals surface area contributed by atoms with Crippen LogP contribution in [0.4, 0.5) is 0 Å². The van der Waals surface area contributed by atoms with Gasteiger partial charge >= 0.3 is 5.97 Å². The second-order valence-electron chi connectivity index (χ2n) is 7.56. The summed E-state index contributed by atoms with van der Waals surface area (Å²) in [4.78, 5) is 43.1. The largest absolute Gasteiger partial charge is 0.467 e. The number of carbonyl (C=O) groups is 3. The molecule has 2 amide bonds. The Bertz CT molecular complexity index is 1090. The molecule has 0 bridgehead atoms. The predicted molar refractivity (Wildman–Crippen MR) is 118 cm³/mol. The summed E-state index contributed by atoms with van der Waals surface area (Å²) in [5.74, 6) is -1.65. The number of rotatable bonds is 7. The van der Waals surface area contributed by atoms with Gasteiger partial charge in [-0.05, 0) is 23.8 Å². The van der Waals surface area contributed by atoms with E-state index < -0.39 is 34.0 Å². The van der Waals surface area contributed by atoms with Crippen molar-refractivity contribution in [3.05, 3.63) is 60.4 Å². The summed E-state index contributed by atoms with van der Waals surface area (Å²) in [6.07, 6.45) is 3.26. The van der Waals surface area contributed by atoms with Crippen LogP contribution in [0.2, 0.25) is 0 Å². The minimum atomic E-state index is -4.02. The number of methoxy groups -OCH3 is 1. The van der Waals surface area contributed by atoms with Crippen molar-refractivity contribution >= 4 is 27.8 Å². The normalized spacial score (nSPS) is 17.8. The minimum Gasteiger partial charge on any atom is -0.467 e. The Morgan fingerprint density at radius 2 is 1.88 bits per heavy atom. The Morgan fingerprint density at radius 1 is 1.15 bits per heavy atom. The third-order valence-electron chi connectivity index (χ3n) is 5.39. The molecule has 2 heterocycles. The van der Waals surface area contributed by atoms with Crippen molar-refractivity contribution in [3.63, 3.8) is 0 Å². The van der Waals surface area contributed by atoms with Gasteiger partial charge in [-0.1, -0.05) is 24.3 Å². The van der Waals surface area contributed by atoms with Gasteiger partial charge in [-0.3, -0.25) is 14.6 Å². The lowest BCUT2D eigenvalue weighted by Crippen LogP contribution is -2.62. The van der Waals surface area contributed by atoms with Gasteiger partial charge in [0.25, 0.3) is 0 Å². The molecular formula is C22H26N4O6S. The number of benzene rings is 1. The van der Waals surface area contributed by atoms with Gasteiger partial charge in [0.05, 0.1) is 12.0 Å². The third kappa shape index (κ3) is 5.74. The van der Waals surface area contributed by atoms with Crippen LogP contribution in [-0.2, 0) is 35.6 Å². The van der Waals surface area contributed by atoms with Crippen LogP contribution in [0.1, 0.15) is 12.5 Å². The van der Waals surface area contributed by atoms with Crippen molar-refractivity contribution in [3.8, 4) is 0 Å². The number of nitrogens with one attached hydrogen (secondary N) is 1. The average Bonchev–Trinajstić information content (AvgIpc) is 2.83. The lowest BCUT2D eigenvalue weighted by atomic mass is 10.1. The molecule has 10 nitrogen and oxygen atoms in total. The number of ether oxygens (including phenoxy) is 1. The quantitative estimate of drug-likeness (QED) is 0.568. The Morgan fingerprint density at radius 3 is 2.48 bits per heavy atom. The van der Waals surface area contributed by atoms with Gasteiger partial charge in [0, 0.05) is 45.4 Å². The molecule has 1 aliphatic rings. The van der Waals surface area contributed by atoms with E-state index in [1.807, 2.05) is 0 Å². The van der Waals surface area contributed by atoms with E-state index in [4.69, 9.17) is 4.74 Å². The number of hydrogen-bond acceptors (Lipinski definition) is 7. The zero-order chi connectivity index (χ0) is 24.0. The third-order valence-corrected chi connectivity index (χ3v) is 7.32. The maximum Gasteiger partial charge on any atom is 0.328 e. The molecule has 1 saturated heterocycles. The van der Waals surface area contributed by atoms with Gasteiger partial charge in [-0.25, -0.2) is 13.2 Å². The van der Waals surface area contributed by atoms with E-state index in [2.05, 4.69) is 10.3 Å². The molecule has 2 aromatic rings. The van der Waals surface area contributed by atoms with E-state index in [-0.39, 0.29) is 36.9 Å². The van der Waals surface area contributed by atoms with E-state index in [1.165, 1.54) is 31.1 Å². The predicted octanol–water partition coefficient (Wildman–Crippen LogP) is 0.204. The van der Waals surface area contributed by atoms with Gasteiger partial charge in [-0.2, -0.15) is 4.31 Å². The molecule has 1 N–H and O–H groups in total. The van der Waals surface area contributed by atoms with E-state index >= 15 is 0 Å². The number of amides is 2. The summed E-state index contributed by atoms with van der Waals surface area (Å²) >= 11 is 0. The summed E-state index contributed by atoms with van der Waals surface area (Å²) in [7, 11) is -2.81. The highest BCUT2D eigenvalue weighted by molar-refractivity contribution is 7.89. The fourth-order valence-electron chi connectivity index (χ4n) is 3.64. The van der Waals surface area contributed by atoms with Crippen LogP contribution in [-0.4, -0.2) is 79.2 Å². The zero-order valence-electron chi connectivity index (χ0n) is 18.4. The van der Waals surface area contributed by atoms with Crippen LogP contribution in [0.25, 0.3) is 0 Å². The lowest BCUT2D eigenvalue weighted by molar-refractivity contribution is -0.146. The first-order valence-electron chi connectivity index (χ1n) is 10.3. The van der Waals surface area contributed by atoms with Crippen LogP contribution < -0.4 is 5.32 Å². The monoisotopic (exact) mass is 474 g/mol. The molecule has 2 unspecified atom stereocenters. The molecule has 1 fully saturated rings. The number of aromatic nitrogens is 1. The molecule has 1 aromatic heterocycles. The van der Waals surface area contributed by atoms with Crippen molar-refractivity contribution in [2.45, 2.75) is 30.3 Å². The maximum atomic E-state index is 13.3. The van der Waals surface area contributed by atoms with Crippen molar-refractivity contribution in [2.75, 3.05) is 26.7 Å². The van der Waals surface area contributed by atoms with Crippen molar-refractivity contribution in [1.29, 1.82) is 0 Å². The van der Waals surface area contributed by atoms with Crippen LogP contribution in [0.15, 0.2) is 59.8 Å². The summed E-state index contributed by atoms with van der Waals surface area (Å²) in [5, 5.41) is 2.61. The van der Waals surface area contributed by atoms with Crippen LogP contribution in [0.5, 0.6) is 0 Å². The first-order chi connectivity index (χ1) is 15.7. The van der Waals surface area contributed by atoms with Gasteiger partial charge in [-0.15, -0.1) is 0 Å². The number of nitrogens with zero attached hydrogens (tertiary/aromatic N) is 3. The van der Waals surface area contributed by atoms with Gasteiger partial charge < -0.3 is 15.0 Å². The van der Waals surface area contributed by atoms with E-state index in [1.54, 1.807) is 42.7 Å². The van der Waals surface area contributed by atoms with Gasteiger partial charge in [0.1, 0.15) is 12.1 Å². The molecule has 176 valence electrons. The van der Waals surface area contributed by atoms with Gasteiger partial charge in [0.2, 0.25) is 21.8 Å². The summed E-state index contributed by atoms with van der Waals surface area (Å²) in [5.41, 5.74) is 0.691. The minimum absolute atomic E-state index is 0.0407. The highest BCUT2D eigenvalue weighted by Crippen LogP contribution is 2.22. The first kappa shape index (κ1) is 24.3. The summed E-state index contributed by atoms with van der Waals surface area (Å²) < 4.78 is 32.5. The fourth-order valence-corrected chi connectivity index (χ4v) is 5.23. The fraction of sp³-hybridized carbons (Fsp3) is 0.364. The molecule has 0 aliphatic carbocycles. The van der Waals surface area contributed by atoms with E-state index in [9.17, 15) is 22.8 Å². The Labute approximate surface area is 192 Å². The SMILES string of the molecule is COC(=O)C(Cc1cccnc1)NC(=O)C1CN(C(C)=O)CCN1S(=O)(=O)c1ccccc1. The van der Waals surface area contributed by atoms with Crippen molar-refractivity contribution in [2.24, 2.45) is 0 Å². The molecule has 0 radical (unpaired) electrons.